The maximum absolute atomic E-state index is 6.28. The van der Waals surface area contributed by atoms with Crippen molar-refractivity contribution >= 4 is 17.3 Å². The highest BCUT2D eigenvalue weighted by atomic mass is 35.5. The zero-order chi connectivity index (χ0) is 14.8. The zero-order valence-corrected chi connectivity index (χ0v) is 12.9. The molecule has 1 aromatic carbocycles. The van der Waals surface area contributed by atoms with Crippen molar-refractivity contribution in [1.29, 1.82) is 0 Å². The molecule has 0 saturated heterocycles. The first-order chi connectivity index (χ1) is 10.1. The maximum atomic E-state index is 6.28. The third-order valence-electron chi connectivity index (χ3n) is 3.39. The smallest absolute Gasteiger partial charge is 0.163 e. The SMILES string of the molecule is CC(C)n1cncc1CNc1cc2c(cc1Cl)OCCO2. The van der Waals surface area contributed by atoms with Gasteiger partial charge in [0.25, 0.3) is 0 Å². The molecule has 0 atom stereocenters. The van der Waals surface area contributed by atoms with Crippen LogP contribution >= 0.6 is 11.6 Å². The largest absolute Gasteiger partial charge is 0.486 e. The fourth-order valence-corrected chi connectivity index (χ4v) is 2.54. The average molecular weight is 308 g/mol. The highest BCUT2D eigenvalue weighted by Gasteiger charge is 2.15. The number of imidazole rings is 1. The van der Waals surface area contributed by atoms with Gasteiger partial charge in [-0.3, -0.25) is 0 Å². The van der Waals surface area contributed by atoms with Gasteiger partial charge >= 0.3 is 0 Å². The van der Waals surface area contributed by atoms with Crippen LogP contribution in [0, 0.1) is 0 Å². The summed E-state index contributed by atoms with van der Waals surface area (Å²) < 4.78 is 13.2. The molecule has 0 bridgehead atoms. The van der Waals surface area contributed by atoms with Crippen LogP contribution in [0.1, 0.15) is 25.6 Å². The lowest BCUT2D eigenvalue weighted by atomic mass is 10.2. The highest BCUT2D eigenvalue weighted by molar-refractivity contribution is 6.33. The fourth-order valence-electron chi connectivity index (χ4n) is 2.32. The molecule has 0 unspecified atom stereocenters. The van der Waals surface area contributed by atoms with E-state index in [0.717, 1.165) is 17.1 Å². The van der Waals surface area contributed by atoms with E-state index in [-0.39, 0.29) is 0 Å². The first kappa shape index (κ1) is 14.1. The number of fused-ring (bicyclic) bond motifs is 1. The van der Waals surface area contributed by atoms with E-state index in [0.29, 0.717) is 36.6 Å². The van der Waals surface area contributed by atoms with Gasteiger partial charge in [0.05, 0.1) is 29.3 Å². The number of halogens is 1. The first-order valence-electron chi connectivity index (χ1n) is 6.99. The van der Waals surface area contributed by atoms with Crippen LogP contribution in [0.2, 0.25) is 5.02 Å². The Hall–Kier alpha value is -1.88. The molecule has 0 aliphatic carbocycles. The summed E-state index contributed by atoms with van der Waals surface area (Å²) in [6.45, 7) is 6.03. The van der Waals surface area contributed by atoms with E-state index in [9.17, 15) is 0 Å². The third kappa shape index (κ3) is 2.93. The molecule has 0 fully saturated rings. The minimum Gasteiger partial charge on any atom is -0.486 e. The molecule has 1 aliphatic rings. The van der Waals surface area contributed by atoms with E-state index in [2.05, 4.69) is 28.7 Å². The Labute approximate surface area is 128 Å². The van der Waals surface area contributed by atoms with E-state index >= 15 is 0 Å². The van der Waals surface area contributed by atoms with E-state index in [1.165, 1.54) is 0 Å². The van der Waals surface area contributed by atoms with Crippen molar-refractivity contribution in [1.82, 2.24) is 9.55 Å². The Balaban J connectivity index is 1.77. The van der Waals surface area contributed by atoms with Gasteiger partial charge in [-0.25, -0.2) is 4.98 Å². The van der Waals surface area contributed by atoms with Gasteiger partial charge in [-0.2, -0.15) is 0 Å². The van der Waals surface area contributed by atoms with Crippen LogP contribution in [0.25, 0.3) is 0 Å². The van der Waals surface area contributed by atoms with Crippen LogP contribution in [-0.2, 0) is 6.54 Å². The number of nitrogens with one attached hydrogen (secondary N) is 1. The summed E-state index contributed by atoms with van der Waals surface area (Å²) in [4.78, 5) is 4.19. The summed E-state index contributed by atoms with van der Waals surface area (Å²) in [5, 5.41) is 3.95. The lowest BCUT2D eigenvalue weighted by Gasteiger charge is -2.20. The number of aromatic nitrogens is 2. The van der Waals surface area contributed by atoms with Gasteiger partial charge in [-0.05, 0) is 13.8 Å². The van der Waals surface area contributed by atoms with Crippen LogP contribution in [0.15, 0.2) is 24.7 Å². The highest BCUT2D eigenvalue weighted by Crippen LogP contribution is 2.38. The Morgan fingerprint density at radius 3 is 2.71 bits per heavy atom. The molecule has 0 radical (unpaired) electrons. The van der Waals surface area contributed by atoms with Crippen LogP contribution in [0.4, 0.5) is 5.69 Å². The Morgan fingerprint density at radius 1 is 1.29 bits per heavy atom. The number of nitrogens with zero attached hydrogens (tertiary/aromatic N) is 2. The summed E-state index contributed by atoms with van der Waals surface area (Å²) in [5.41, 5.74) is 1.94. The Bertz CT molecular complexity index is 640. The van der Waals surface area contributed by atoms with Crippen molar-refractivity contribution in [2.24, 2.45) is 0 Å². The van der Waals surface area contributed by atoms with E-state index < -0.39 is 0 Å². The normalized spacial score (nSPS) is 13.5. The van der Waals surface area contributed by atoms with Gasteiger partial charge in [0.2, 0.25) is 0 Å². The molecule has 2 aromatic rings. The first-order valence-corrected chi connectivity index (χ1v) is 7.36. The number of anilines is 1. The average Bonchev–Trinajstić information content (AvgIpc) is 2.93. The van der Waals surface area contributed by atoms with Gasteiger partial charge in [0.1, 0.15) is 13.2 Å². The molecule has 21 heavy (non-hydrogen) atoms. The second kappa shape index (κ2) is 5.85. The summed E-state index contributed by atoms with van der Waals surface area (Å²) in [5.74, 6) is 1.43. The molecule has 1 aromatic heterocycles. The lowest BCUT2D eigenvalue weighted by molar-refractivity contribution is 0.171. The molecule has 0 amide bonds. The summed E-state index contributed by atoms with van der Waals surface area (Å²) in [6, 6.07) is 4.05. The monoisotopic (exact) mass is 307 g/mol. The molecule has 5 nitrogen and oxygen atoms in total. The molecule has 6 heteroatoms. The third-order valence-corrected chi connectivity index (χ3v) is 3.71. The molecule has 2 heterocycles. The lowest BCUT2D eigenvalue weighted by Crippen LogP contribution is -2.15. The van der Waals surface area contributed by atoms with Crippen LogP contribution < -0.4 is 14.8 Å². The van der Waals surface area contributed by atoms with Gasteiger partial charge in [0.15, 0.2) is 11.5 Å². The fraction of sp³-hybridized carbons (Fsp3) is 0.400. The van der Waals surface area contributed by atoms with Crippen molar-refractivity contribution in [2.75, 3.05) is 18.5 Å². The molecule has 112 valence electrons. The van der Waals surface area contributed by atoms with Crippen molar-refractivity contribution in [3.8, 4) is 11.5 Å². The van der Waals surface area contributed by atoms with Gasteiger partial charge in [-0.15, -0.1) is 0 Å². The predicted octanol–water partition coefficient (Wildman–Crippen LogP) is 3.50. The number of rotatable bonds is 4. The standard InChI is InChI=1S/C15H18ClN3O2/c1-10(2)19-9-17-7-11(19)8-18-13-6-15-14(5-12(13)16)20-3-4-21-15/h5-7,9-10,18H,3-4,8H2,1-2H3. The summed E-state index contributed by atoms with van der Waals surface area (Å²) in [7, 11) is 0. The van der Waals surface area contributed by atoms with E-state index in [4.69, 9.17) is 21.1 Å². The zero-order valence-electron chi connectivity index (χ0n) is 12.1. The minimum absolute atomic E-state index is 0.375. The molecule has 1 aliphatic heterocycles. The predicted molar refractivity (Wildman–Crippen MR) is 82.4 cm³/mol. The number of ether oxygens (including phenoxy) is 2. The van der Waals surface area contributed by atoms with Gasteiger partial charge < -0.3 is 19.4 Å². The molecule has 3 rings (SSSR count). The summed E-state index contributed by atoms with van der Waals surface area (Å²) >= 11 is 6.28. The van der Waals surface area contributed by atoms with Crippen molar-refractivity contribution in [3.05, 3.63) is 35.4 Å². The Kier molecular flexibility index (Phi) is 3.92. The van der Waals surface area contributed by atoms with Gasteiger partial charge in [-0.1, -0.05) is 11.6 Å². The molecular weight excluding hydrogens is 290 g/mol. The van der Waals surface area contributed by atoms with E-state index in [1.54, 1.807) is 6.07 Å². The quantitative estimate of drug-likeness (QED) is 0.939. The molecule has 1 N–H and O–H groups in total. The molecular formula is C15H18ClN3O2. The van der Waals surface area contributed by atoms with Crippen molar-refractivity contribution in [2.45, 2.75) is 26.4 Å². The van der Waals surface area contributed by atoms with Gasteiger partial charge in [0, 0.05) is 24.4 Å². The van der Waals surface area contributed by atoms with Crippen molar-refractivity contribution < 1.29 is 9.47 Å². The Morgan fingerprint density at radius 2 is 2.00 bits per heavy atom. The second-order valence-electron chi connectivity index (χ2n) is 5.22. The number of hydrogen-bond donors (Lipinski definition) is 1. The number of hydrogen-bond acceptors (Lipinski definition) is 4. The van der Waals surface area contributed by atoms with E-state index in [1.807, 2.05) is 18.6 Å². The topological polar surface area (TPSA) is 48.3 Å². The van der Waals surface area contributed by atoms with Crippen LogP contribution in [0.5, 0.6) is 11.5 Å². The maximum Gasteiger partial charge on any atom is 0.163 e. The number of benzene rings is 1. The molecule has 0 saturated carbocycles. The second-order valence-corrected chi connectivity index (χ2v) is 5.62. The van der Waals surface area contributed by atoms with Crippen molar-refractivity contribution in [3.63, 3.8) is 0 Å². The van der Waals surface area contributed by atoms with Crippen LogP contribution in [0.3, 0.4) is 0 Å². The molecule has 0 spiro atoms. The van der Waals surface area contributed by atoms with Crippen LogP contribution in [-0.4, -0.2) is 22.8 Å². The summed E-state index contributed by atoms with van der Waals surface area (Å²) in [6.07, 6.45) is 3.70. The minimum atomic E-state index is 0.375.